The molecule has 0 spiro atoms. The van der Waals surface area contributed by atoms with Crippen LogP contribution in [0.3, 0.4) is 0 Å². The number of fused-ring (bicyclic) bond motifs is 2. The van der Waals surface area contributed by atoms with Crippen LogP contribution in [0.1, 0.15) is 6.42 Å². The number of halogens is 3. The van der Waals surface area contributed by atoms with Gasteiger partial charge in [0.25, 0.3) is 0 Å². The second-order valence-corrected chi connectivity index (χ2v) is 6.69. The van der Waals surface area contributed by atoms with E-state index in [0.29, 0.717) is 4.16 Å². The van der Waals surface area contributed by atoms with Gasteiger partial charge >= 0.3 is 26.2 Å². The number of benzene rings is 1. The number of rotatable bonds is 0. The van der Waals surface area contributed by atoms with E-state index in [4.69, 9.17) is 0 Å². The maximum absolute atomic E-state index is 3.54. The van der Waals surface area contributed by atoms with Crippen molar-refractivity contribution in [3.8, 4) is 0 Å². The molecule has 2 aliphatic carbocycles. The molecule has 1 heterocycles. The number of alkyl halides is 1. The van der Waals surface area contributed by atoms with E-state index in [1.165, 1.54) is 20.9 Å². The summed E-state index contributed by atoms with van der Waals surface area (Å²) in [5.74, 6) is 0. The number of hydrogen-bond acceptors (Lipinski definition) is 1. The molecule has 1 aromatic carbocycles. The number of hydrogen-bond donors (Lipinski definition) is 0. The van der Waals surface area contributed by atoms with E-state index in [-0.39, 0.29) is 51.0 Å². The molecule has 0 radical (unpaired) electrons. The summed E-state index contributed by atoms with van der Waals surface area (Å²) in [6, 6.07) is 8.49. The number of allylic oxidation sites excluding steroid dienone is 4. The third-order valence-electron chi connectivity index (χ3n) is 2.83. The van der Waals surface area contributed by atoms with E-state index < -0.39 is 0 Å². The molecule has 106 valence electrons. The molecule has 0 amide bonds. The van der Waals surface area contributed by atoms with Crippen molar-refractivity contribution in [3.05, 3.63) is 70.7 Å². The smallest absolute Gasteiger partial charge is 1.00 e. The summed E-state index contributed by atoms with van der Waals surface area (Å²) in [7, 11) is 0. The first-order valence-electron chi connectivity index (χ1n) is 5.82. The van der Waals surface area contributed by atoms with E-state index in [0.717, 1.165) is 6.42 Å². The summed E-state index contributed by atoms with van der Waals surface area (Å²) in [4.78, 5) is 1.37. The minimum absolute atomic E-state index is 0. The van der Waals surface area contributed by atoms with Crippen LogP contribution in [0.25, 0.3) is 11.0 Å². The molecule has 0 bridgehead atoms. The third kappa shape index (κ3) is 5.25. The van der Waals surface area contributed by atoms with Crippen molar-refractivity contribution in [2.24, 2.45) is 0 Å². The summed E-state index contributed by atoms with van der Waals surface area (Å²) < 4.78 is 0.335. The molecule has 0 N–H and O–H groups in total. The summed E-state index contributed by atoms with van der Waals surface area (Å²) in [6.45, 7) is 0. The van der Waals surface area contributed by atoms with Crippen LogP contribution in [0.4, 0.5) is 0 Å². The van der Waals surface area contributed by atoms with Crippen molar-refractivity contribution < 1.29 is 51.0 Å². The quantitative estimate of drug-likeness (QED) is 0.286. The molecule has 21 heavy (non-hydrogen) atoms. The molecule has 1 unspecified atom stereocenters. The zero-order valence-corrected chi connectivity index (χ0v) is 17.3. The van der Waals surface area contributed by atoms with Gasteiger partial charge in [-0.3, -0.25) is 6.08 Å². The molecule has 0 aromatic heterocycles. The molecule has 1 aromatic rings. The third-order valence-corrected chi connectivity index (χ3v) is 4.62. The first-order valence-corrected chi connectivity index (χ1v) is 7.61. The fourth-order valence-electron chi connectivity index (χ4n) is 2.03. The van der Waals surface area contributed by atoms with Crippen LogP contribution in [-0.4, -0.2) is 4.16 Å². The van der Waals surface area contributed by atoms with Gasteiger partial charge in [-0.1, -0.05) is 55.5 Å². The average molecular weight is 477 g/mol. The minimum atomic E-state index is 0. The zero-order chi connectivity index (χ0) is 12.4. The molecule has 4 rings (SSSR count). The van der Waals surface area contributed by atoms with Crippen LogP contribution in [0.5, 0.6) is 0 Å². The Morgan fingerprint density at radius 2 is 1.95 bits per heavy atom. The minimum Gasteiger partial charge on any atom is -1.00 e. The van der Waals surface area contributed by atoms with Crippen LogP contribution in [0.2, 0.25) is 0 Å². The molecule has 3 aliphatic rings. The Kier molecular flexibility index (Phi) is 10.5. The van der Waals surface area contributed by atoms with E-state index in [2.05, 4.69) is 64.5 Å². The Labute approximate surface area is 169 Å². The molecule has 1 atom stereocenters. The second-order valence-electron chi connectivity index (χ2n) is 4.06. The molecular formula is C16H11BrCl2SZr. The average Bonchev–Trinajstić information content (AvgIpc) is 3.05. The Bertz CT molecular complexity index is 670. The van der Waals surface area contributed by atoms with Gasteiger partial charge in [-0.15, -0.1) is 6.42 Å². The van der Waals surface area contributed by atoms with Gasteiger partial charge in [0.15, 0.2) is 0 Å². The Balaban J connectivity index is 0.000000437. The fraction of sp³-hybridized carbons (Fsp3) is 0.125. The van der Waals surface area contributed by atoms with E-state index in [9.17, 15) is 0 Å². The van der Waals surface area contributed by atoms with E-state index in [1.807, 2.05) is 23.9 Å². The second kappa shape index (κ2) is 10.3. The van der Waals surface area contributed by atoms with Crippen LogP contribution in [0.15, 0.2) is 48.1 Å². The van der Waals surface area contributed by atoms with Gasteiger partial charge in [0.1, 0.15) is 0 Å². The van der Waals surface area contributed by atoms with Crippen molar-refractivity contribution in [2.75, 3.05) is 0 Å². The Morgan fingerprint density at radius 3 is 2.57 bits per heavy atom. The predicted octanol–water partition coefficient (Wildman–Crippen LogP) is -2.90. The normalized spacial score (nSPS) is 18.8. The predicted molar refractivity (Wildman–Crippen MR) is 82.2 cm³/mol. The van der Waals surface area contributed by atoms with Gasteiger partial charge in [0.05, 0.1) is 0 Å². The first kappa shape index (κ1) is 21.5. The fourth-order valence-corrected chi connectivity index (χ4v) is 3.78. The maximum atomic E-state index is 3.54. The standard InChI is InChI=1S/C11H6BrS.C5H5.2ClH.Zr/c12-10-6-8-5-7-3-1-2-4-9(7)11(8)13-10;1-2-4-5-3-1;;;/h1-5,10H;1-3H,4H2;2*1H;/q2*-1;;;+4/p-2. The van der Waals surface area contributed by atoms with Gasteiger partial charge in [0, 0.05) is 4.16 Å². The van der Waals surface area contributed by atoms with Crippen LogP contribution in [-0.2, 0) is 26.2 Å². The van der Waals surface area contributed by atoms with Crippen LogP contribution >= 0.6 is 27.7 Å². The largest absolute Gasteiger partial charge is 4.00 e. The van der Waals surface area contributed by atoms with Gasteiger partial charge in [0.2, 0.25) is 0 Å². The topological polar surface area (TPSA) is 0 Å². The monoisotopic (exact) mass is 474 g/mol. The van der Waals surface area contributed by atoms with Gasteiger partial charge in [-0.25, -0.2) is 12.2 Å². The molecule has 0 nitrogen and oxygen atoms in total. The molecule has 0 fully saturated rings. The van der Waals surface area contributed by atoms with Crippen molar-refractivity contribution >= 4 is 38.7 Å². The molecule has 0 saturated heterocycles. The summed E-state index contributed by atoms with van der Waals surface area (Å²) in [6.07, 6.45) is 15.6. The maximum Gasteiger partial charge on any atom is 4.00 e. The van der Waals surface area contributed by atoms with Crippen molar-refractivity contribution in [3.63, 3.8) is 0 Å². The summed E-state index contributed by atoms with van der Waals surface area (Å²) in [5, 5.41) is 2.68. The summed E-state index contributed by atoms with van der Waals surface area (Å²) in [5.41, 5.74) is 1.26. The first-order chi connectivity index (χ1) is 8.84. The Hall–Kier alpha value is 0.473. The van der Waals surface area contributed by atoms with Crippen molar-refractivity contribution in [1.82, 2.24) is 0 Å². The molecule has 1 aliphatic heterocycles. The molecule has 0 saturated carbocycles. The zero-order valence-electron chi connectivity index (χ0n) is 10.9. The van der Waals surface area contributed by atoms with E-state index >= 15 is 0 Å². The van der Waals surface area contributed by atoms with Gasteiger partial charge in [-0.05, 0) is 0 Å². The molecule has 5 heteroatoms. The van der Waals surface area contributed by atoms with Gasteiger partial charge < -0.3 is 24.8 Å². The Morgan fingerprint density at radius 1 is 1.19 bits per heavy atom. The summed E-state index contributed by atoms with van der Waals surface area (Å²) >= 11 is 5.37. The van der Waals surface area contributed by atoms with Crippen molar-refractivity contribution in [2.45, 2.75) is 10.6 Å². The SMILES string of the molecule is BrC1[C-]=C2C=c3ccccc3=C2S1.[C-]1=CC=CC1.[Cl-].[Cl-].[Zr+4]. The number of thioether (sulfide) groups is 1. The van der Waals surface area contributed by atoms with E-state index in [1.54, 1.807) is 0 Å². The van der Waals surface area contributed by atoms with Crippen LogP contribution < -0.4 is 35.3 Å². The van der Waals surface area contributed by atoms with Crippen LogP contribution in [0, 0.1) is 12.2 Å². The van der Waals surface area contributed by atoms with Gasteiger partial charge in [-0.2, -0.15) is 35.6 Å². The van der Waals surface area contributed by atoms with Crippen molar-refractivity contribution in [1.29, 1.82) is 0 Å². The molecular weight excluding hydrogens is 466 g/mol.